The first-order valence-corrected chi connectivity index (χ1v) is 8.04. The van der Waals surface area contributed by atoms with Gasteiger partial charge in [-0.1, -0.05) is 0 Å². The van der Waals surface area contributed by atoms with Crippen LogP contribution in [0.4, 0.5) is 11.5 Å². The molecule has 0 amide bonds. The molecule has 0 fully saturated rings. The molecule has 7 heteroatoms. The molecule has 21 heavy (non-hydrogen) atoms. The zero-order chi connectivity index (χ0) is 15.9. The van der Waals surface area contributed by atoms with Crippen molar-refractivity contribution in [1.82, 2.24) is 10.2 Å². The molecule has 0 saturated carbocycles. The number of anilines is 2. The standard InChI is InChI=1S/C14H20N4O2S/c1-7-6-12(15)10(4)13(8(7)2)21(19,20)18-14-9(3)11(5)16-17-14/h6H,15H2,1-5H3,(H2,16,17,18). The molecule has 114 valence electrons. The molecule has 1 aromatic heterocycles. The van der Waals surface area contributed by atoms with Gasteiger partial charge in [-0.25, -0.2) is 8.42 Å². The van der Waals surface area contributed by atoms with E-state index in [2.05, 4.69) is 14.9 Å². The minimum absolute atomic E-state index is 0.222. The van der Waals surface area contributed by atoms with Crippen molar-refractivity contribution in [1.29, 1.82) is 0 Å². The Morgan fingerprint density at radius 3 is 2.24 bits per heavy atom. The highest BCUT2D eigenvalue weighted by atomic mass is 32.2. The zero-order valence-corrected chi connectivity index (χ0v) is 13.6. The summed E-state index contributed by atoms with van der Waals surface area (Å²) in [5, 5.41) is 6.74. The van der Waals surface area contributed by atoms with Crippen molar-refractivity contribution >= 4 is 21.5 Å². The third-order valence-electron chi connectivity index (χ3n) is 3.83. The summed E-state index contributed by atoms with van der Waals surface area (Å²) in [6.45, 7) is 8.97. The van der Waals surface area contributed by atoms with Crippen molar-refractivity contribution in [2.45, 2.75) is 39.5 Å². The van der Waals surface area contributed by atoms with Gasteiger partial charge in [0.1, 0.15) is 0 Å². The van der Waals surface area contributed by atoms with E-state index >= 15 is 0 Å². The summed E-state index contributed by atoms with van der Waals surface area (Å²) < 4.78 is 27.9. The molecule has 2 aromatic rings. The topological polar surface area (TPSA) is 101 Å². The van der Waals surface area contributed by atoms with Gasteiger partial charge in [-0.15, -0.1) is 0 Å². The molecular formula is C14H20N4O2S. The van der Waals surface area contributed by atoms with Crippen molar-refractivity contribution < 1.29 is 8.42 Å². The largest absolute Gasteiger partial charge is 0.398 e. The molecule has 0 saturated heterocycles. The summed E-state index contributed by atoms with van der Waals surface area (Å²) in [6.07, 6.45) is 0. The number of nitrogens with two attached hydrogens (primary N) is 1. The smallest absolute Gasteiger partial charge is 0.263 e. The Morgan fingerprint density at radius 1 is 1.10 bits per heavy atom. The Hall–Kier alpha value is -2.02. The SMILES string of the molecule is Cc1cc(N)c(C)c(S(=O)(=O)Nc2n[nH]c(C)c2C)c1C. The van der Waals surface area contributed by atoms with E-state index in [0.29, 0.717) is 22.6 Å². The van der Waals surface area contributed by atoms with E-state index in [1.54, 1.807) is 26.8 Å². The van der Waals surface area contributed by atoms with Crippen molar-refractivity contribution in [3.8, 4) is 0 Å². The molecule has 0 atom stereocenters. The van der Waals surface area contributed by atoms with Crippen LogP contribution in [0, 0.1) is 34.6 Å². The van der Waals surface area contributed by atoms with E-state index in [1.807, 2.05) is 13.8 Å². The van der Waals surface area contributed by atoms with E-state index in [1.165, 1.54) is 0 Å². The molecule has 0 aliphatic rings. The average molecular weight is 308 g/mol. The van der Waals surface area contributed by atoms with Gasteiger partial charge in [0.2, 0.25) is 0 Å². The predicted octanol–water partition coefficient (Wildman–Crippen LogP) is 2.33. The van der Waals surface area contributed by atoms with Gasteiger partial charge in [-0.2, -0.15) is 5.10 Å². The lowest BCUT2D eigenvalue weighted by molar-refractivity contribution is 0.599. The van der Waals surface area contributed by atoms with E-state index in [0.717, 1.165) is 16.8 Å². The zero-order valence-electron chi connectivity index (χ0n) is 12.8. The first-order valence-electron chi connectivity index (χ1n) is 6.55. The number of hydrogen-bond acceptors (Lipinski definition) is 4. The molecule has 1 aromatic carbocycles. The normalized spacial score (nSPS) is 11.7. The third kappa shape index (κ3) is 2.61. The van der Waals surface area contributed by atoms with Crippen LogP contribution in [0.3, 0.4) is 0 Å². The van der Waals surface area contributed by atoms with E-state index in [9.17, 15) is 8.42 Å². The Kier molecular flexibility index (Phi) is 3.71. The highest BCUT2D eigenvalue weighted by molar-refractivity contribution is 7.92. The van der Waals surface area contributed by atoms with Crippen LogP contribution < -0.4 is 10.5 Å². The van der Waals surface area contributed by atoms with E-state index < -0.39 is 10.0 Å². The summed E-state index contributed by atoms with van der Waals surface area (Å²) >= 11 is 0. The minimum Gasteiger partial charge on any atom is -0.398 e. The van der Waals surface area contributed by atoms with Crippen LogP contribution in [0.2, 0.25) is 0 Å². The molecule has 0 unspecified atom stereocenters. The van der Waals surface area contributed by atoms with Crippen molar-refractivity contribution in [3.63, 3.8) is 0 Å². The highest BCUT2D eigenvalue weighted by Gasteiger charge is 2.24. The fourth-order valence-corrected chi connectivity index (χ4v) is 3.85. The molecule has 1 heterocycles. The summed E-state index contributed by atoms with van der Waals surface area (Å²) in [5.74, 6) is 0.311. The summed E-state index contributed by atoms with van der Waals surface area (Å²) in [5.41, 5.74) is 10.0. The van der Waals surface area contributed by atoms with Crippen molar-refractivity contribution in [3.05, 3.63) is 34.0 Å². The van der Waals surface area contributed by atoms with Gasteiger partial charge in [0.25, 0.3) is 10.0 Å². The molecule has 4 N–H and O–H groups in total. The molecule has 0 aliphatic carbocycles. The van der Waals surface area contributed by atoms with Gasteiger partial charge in [0, 0.05) is 16.9 Å². The van der Waals surface area contributed by atoms with Crippen molar-refractivity contribution in [2.24, 2.45) is 0 Å². The molecule has 2 rings (SSSR count). The molecule has 6 nitrogen and oxygen atoms in total. The Bertz CT molecular complexity index is 781. The molecule has 0 spiro atoms. The lowest BCUT2D eigenvalue weighted by atomic mass is 10.1. The number of aromatic nitrogens is 2. The van der Waals surface area contributed by atoms with Gasteiger partial charge in [-0.3, -0.25) is 9.82 Å². The highest BCUT2D eigenvalue weighted by Crippen LogP contribution is 2.29. The maximum atomic E-state index is 12.7. The number of nitrogen functional groups attached to an aromatic ring is 1. The van der Waals surface area contributed by atoms with Crippen LogP contribution in [-0.2, 0) is 10.0 Å². The first kappa shape index (κ1) is 15.4. The summed E-state index contributed by atoms with van der Waals surface area (Å²) in [4.78, 5) is 0.222. The van der Waals surface area contributed by atoms with Crippen LogP contribution in [0.1, 0.15) is 27.9 Å². The Morgan fingerprint density at radius 2 is 1.71 bits per heavy atom. The number of hydrogen-bond donors (Lipinski definition) is 3. The van der Waals surface area contributed by atoms with Gasteiger partial charge in [-0.05, 0) is 57.4 Å². The van der Waals surface area contributed by atoms with Crippen LogP contribution in [0.5, 0.6) is 0 Å². The Labute approximate surface area is 124 Å². The molecule has 0 radical (unpaired) electrons. The number of H-pyrrole nitrogens is 1. The maximum absolute atomic E-state index is 12.7. The molecule has 0 aliphatic heterocycles. The number of aromatic amines is 1. The molecular weight excluding hydrogens is 288 g/mol. The second-order valence-electron chi connectivity index (χ2n) is 5.29. The van der Waals surface area contributed by atoms with Gasteiger partial charge < -0.3 is 5.73 Å². The van der Waals surface area contributed by atoms with E-state index in [-0.39, 0.29) is 4.90 Å². The van der Waals surface area contributed by atoms with Crippen LogP contribution >= 0.6 is 0 Å². The number of aryl methyl sites for hydroxylation is 2. The maximum Gasteiger partial charge on any atom is 0.263 e. The number of sulfonamides is 1. The van der Waals surface area contributed by atoms with Crippen LogP contribution in [0.25, 0.3) is 0 Å². The fourth-order valence-electron chi connectivity index (χ4n) is 2.21. The fraction of sp³-hybridized carbons (Fsp3) is 0.357. The van der Waals surface area contributed by atoms with Gasteiger partial charge in [0.05, 0.1) is 4.90 Å². The third-order valence-corrected chi connectivity index (χ3v) is 5.44. The van der Waals surface area contributed by atoms with Crippen molar-refractivity contribution in [2.75, 3.05) is 10.5 Å². The predicted molar refractivity (Wildman–Crippen MR) is 83.9 cm³/mol. The second kappa shape index (κ2) is 5.07. The lowest BCUT2D eigenvalue weighted by Crippen LogP contribution is -2.18. The van der Waals surface area contributed by atoms with Crippen LogP contribution in [-0.4, -0.2) is 18.6 Å². The minimum atomic E-state index is -3.74. The number of rotatable bonds is 3. The summed E-state index contributed by atoms with van der Waals surface area (Å²) in [7, 11) is -3.74. The lowest BCUT2D eigenvalue weighted by Gasteiger charge is -2.15. The quantitative estimate of drug-likeness (QED) is 0.757. The van der Waals surface area contributed by atoms with Crippen LogP contribution in [0.15, 0.2) is 11.0 Å². The monoisotopic (exact) mass is 308 g/mol. The second-order valence-corrected chi connectivity index (χ2v) is 6.91. The number of nitrogens with one attached hydrogen (secondary N) is 2. The summed E-state index contributed by atoms with van der Waals surface area (Å²) in [6, 6.07) is 1.79. The number of benzene rings is 1. The molecule has 0 bridgehead atoms. The first-order chi connectivity index (χ1) is 9.65. The van der Waals surface area contributed by atoms with Gasteiger partial charge >= 0.3 is 0 Å². The van der Waals surface area contributed by atoms with E-state index in [4.69, 9.17) is 5.73 Å². The number of nitrogens with zero attached hydrogens (tertiary/aromatic N) is 1. The Balaban J connectivity index is 2.58. The average Bonchev–Trinajstić information content (AvgIpc) is 2.68. The van der Waals surface area contributed by atoms with Gasteiger partial charge in [0.15, 0.2) is 5.82 Å².